The van der Waals surface area contributed by atoms with Gasteiger partial charge in [-0.2, -0.15) is 18.3 Å². The standard InChI is InChI=1S/C36H49F4N5O4/c1-21(2)45-29(16-17-41-45)33(47)43-32(31(23-10-6-4-7-11-23)24-12-8-5-9-13-24)34(48)42-28-15-14-25(18-27(28)37)22(3)35(49)44-20-26(46)19-30(44)36(38,39)40/h14-18,21-24,26,30-32,46H,4-13,19-20H2,1-3H3,(H,42,48)(H,43,47)/t22-,26?,30?,32-/m0/s1. The summed E-state index contributed by atoms with van der Waals surface area (Å²) in [5, 5.41) is 19.9. The molecule has 3 amide bonds. The van der Waals surface area contributed by atoms with Crippen LogP contribution in [0.1, 0.15) is 119 Å². The molecule has 0 radical (unpaired) electrons. The molecule has 2 heterocycles. The minimum atomic E-state index is -4.71. The van der Waals surface area contributed by atoms with E-state index in [0.717, 1.165) is 70.3 Å². The molecule has 0 bridgehead atoms. The second-order valence-electron chi connectivity index (χ2n) is 14.5. The average Bonchev–Trinajstić information content (AvgIpc) is 3.73. The van der Waals surface area contributed by atoms with Gasteiger partial charge in [-0.15, -0.1) is 0 Å². The van der Waals surface area contributed by atoms with Crippen molar-refractivity contribution in [3.8, 4) is 0 Å². The molecule has 0 spiro atoms. The molecule has 2 unspecified atom stereocenters. The SMILES string of the molecule is CC(C)n1nccc1C(=O)N[C@H](C(=O)Nc1ccc([C@H](C)C(=O)N2CC(O)CC2C(F)(F)F)cc1F)C(C1CCCCC1)C1CCCCC1. The van der Waals surface area contributed by atoms with Gasteiger partial charge in [0.25, 0.3) is 5.91 Å². The number of anilines is 1. The summed E-state index contributed by atoms with van der Waals surface area (Å²) in [5.74, 6) is -3.56. The number of β-amino-alcohol motifs (C(OH)–C–C–N with tert-alkyl or cyclic N) is 1. The van der Waals surface area contributed by atoms with Crippen molar-refractivity contribution in [2.45, 2.75) is 128 Å². The zero-order chi connectivity index (χ0) is 35.5. The third-order valence-electron chi connectivity index (χ3n) is 10.8. The van der Waals surface area contributed by atoms with E-state index in [4.69, 9.17) is 0 Å². The molecule has 1 saturated heterocycles. The fourth-order valence-electron chi connectivity index (χ4n) is 8.30. The molecular formula is C36H49F4N5O4. The van der Waals surface area contributed by atoms with E-state index in [1.807, 2.05) is 13.8 Å². The van der Waals surface area contributed by atoms with Gasteiger partial charge in [0, 0.05) is 25.2 Å². The predicted octanol–water partition coefficient (Wildman–Crippen LogP) is 6.74. The molecule has 49 heavy (non-hydrogen) atoms. The Balaban J connectivity index is 1.40. The number of alkyl halides is 3. The fraction of sp³-hybridized carbons (Fsp3) is 0.667. The van der Waals surface area contributed by atoms with Crippen LogP contribution >= 0.6 is 0 Å². The lowest BCUT2D eigenvalue weighted by Gasteiger charge is -2.42. The Morgan fingerprint density at radius 3 is 2.10 bits per heavy atom. The minimum absolute atomic E-state index is 0.0905. The molecular weight excluding hydrogens is 642 g/mol. The monoisotopic (exact) mass is 691 g/mol. The van der Waals surface area contributed by atoms with Gasteiger partial charge in [-0.05, 0) is 62.3 Å². The molecule has 13 heteroatoms. The predicted molar refractivity (Wildman–Crippen MR) is 176 cm³/mol. The van der Waals surface area contributed by atoms with Crippen molar-refractivity contribution < 1.29 is 37.1 Å². The summed E-state index contributed by atoms with van der Waals surface area (Å²) >= 11 is 0. The third kappa shape index (κ3) is 8.46. The van der Waals surface area contributed by atoms with E-state index in [-0.39, 0.29) is 35.0 Å². The van der Waals surface area contributed by atoms with E-state index in [1.165, 1.54) is 19.1 Å². The first kappa shape index (κ1) is 36.8. The number of benzene rings is 1. The highest BCUT2D eigenvalue weighted by molar-refractivity contribution is 6.01. The second kappa shape index (κ2) is 15.6. The Kier molecular flexibility index (Phi) is 11.7. The largest absolute Gasteiger partial charge is 0.408 e. The molecule has 3 fully saturated rings. The highest BCUT2D eigenvalue weighted by Gasteiger charge is 2.51. The molecule has 1 aliphatic heterocycles. The van der Waals surface area contributed by atoms with E-state index in [0.29, 0.717) is 10.6 Å². The van der Waals surface area contributed by atoms with Crippen LogP contribution in [0.5, 0.6) is 0 Å². The summed E-state index contributed by atoms with van der Waals surface area (Å²) in [6.07, 6.45) is 5.14. The normalized spacial score (nSPS) is 22.4. The van der Waals surface area contributed by atoms with Gasteiger partial charge in [-0.3, -0.25) is 19.1 Å². The zero-order valence-electron chi connectivity index (χ0n) is 28.5. The molecule has 270 valence electrons. The van der Waals surface area contributed by atoms with Crippen molar-refractivity contribution in [2.24, 2.45) is 17.8 Å². The molecule has 2 aliphatic carbocycles. The molecule has 2 saturated carbocycles. The van der Waals surface area contributed by atoms with Crippen LogP contribution in [0.15, 0.2) is 30.5 Å². The number of nitrogens with zero attached hydrogens (tertiary/aromatic N) is 3. The maximum Gasteiger partial charge on any atom is 0.408 e. The van der Waals surface area contributed by atoms with Crippen molar-refractivity contribution in [2.75, 3.05) is 11.9 Å². The number of rotatable bonds is 10. The van der Waals surface area contributed by atoms with E-state index in [9.17, 15) is 32.7 Å². The second-order valence-corrected chi connectivity index (χ2v) is 14.5. The van der Waals surface area contributed by atoms with Crippen molar-refractivity contribution in [3.63, 3.8) is 0 Å². The number of carbonyl (C=O) groups is 3. The molecule has 4 atom stereocenters. The lowest BCUT2D eigenvalue weighted by Crippen LogP contribution is -2.53. The lowest BCUT2D eigenvalue weighted by molar-refractivity contribution is -0.183. The molecule has 2 aromatic rings. The number of aliphatic hydroxyl groups excluding tert-OH is 1. The minimum Gasteiger partial charge on any atom is -0.391 e. The number of carbonyl (C=O) groups excluding carboxylic acids is 3. The Morgan fingerprint density at radius 2 is 1.55 bits per heavy atom. The molecule has 5 rings (SSSR count). The zero-order valence-corrected chi connectivity index (χ0v) is 28.5. The van der Waals surface area contributed by atoms with Crippen LogP contribution in [-0.2, 0) is 9.59 Å². The van der Waals surface area contributed by atoms with Gasteiger partial charge < -0.3 is 20.6 Å². The lowest BCUT2D eigenvalue weighted by atomic mass is 9.66. The maximum absolute atomic E-state index is 15.7. The van der Waals surface area contributed by atoms with Gasteiger partial charge in [0.05, 0.1) is 17.7 Å². The Morgan fingerprint density at radius 1 is 0.939 bits per heavy atom. The maximum atomic E-state index is 15.7. The average molecular weight is 692 g/mol. The molecule has 9 nitrogen and oxygen atoms in total. The highest BCUT2D eigenvalue weighted by atomic mass is 19.4. The smallest absolute Gasteiger partial charge is 0.391 e. The number of aliphatic hydroxyl groups is 1. The Labute approximate surface area is 285 Å². The third-order valence-corrected chi connectivity index (χ3v) is 10.8. The number of amides is 3. The molecule has 3 N–H and O–H groups in total. The van der Waals surface area contributed by atoms with Crippen molar-refractivity contribution in [3.05, 3.63) is 47.5 Å². The van der Waals surface area contributed by atoms with Crippen LogP contribution < -0.4 is 10.6 Å². The summed E-state index contributed by atoms with van der Waals surface area (Å²) in [6.45, 7) is 4.74. The van der Waals surface area contributed by atoms with Gasteiger partial charge in [-0.1, -0.05) is 70.3 Å². The van der Waals surface area contributed by atoms with Gasteiger partial charge in [-0.25, -0.2) is 4.39 Å². The number of hydrogen-bond donors (Lipinski definition) is 3. The summed E-state index contributed by atoms with van der Waals surface area (Å²) in [6, 6.07) is 2.21. The summed E-state index contributed by atoms with van der Waals surface area (Å²) in [5.41, 5.74) is 0.305. The van der Waals surface area contributed by atoms with E-state index < -0.39 is 66.8 Å². The molecule has 3 aliphatic rings. The van der Waals surface area contributed by atoms with Crippen LogP contribution in [-0.4, -0.2) is 68.4 Å². The van der Waals surface area contributed by atoms with E-state index in [2.05, 4.69) is 15.7 Å². The van der Waals surface area contributed by atoms with Gasteiger partial charge in [0.1, 0.15) is 23.6 Å². The highest BCUT2D eigenvalue weighted by Crippen LogP contribution is 2.42. The van der Waals surface area contributed by atoms with E-state index >= 15 is 4.39 Å². The number of likely N-dealkylation sites (tertiary alicyclic amines) is 1. The van der Waals surface area contributed by atoms with Crippen LogP contribution in [0.2, 0.25) is 0 Å². The van der Waals surface area contributed by atoms with Gasteiger partial charge >= 0.3 is 6.18 Å². The quantitative estimate of drug-likeness (QED) is 0.239. The van der Waals surface area contributed by atoms with Crippen molar-refractivity contribution >= 4 is 23.4 Å². The number of nitrogens with one attached hydrogen (secondary N) is 2. The van der Waals surface area contributed by atoms with Crippen LogP contribution in [0.3, 0.4) is 0 Å². The van der Waals surface area contributed by atoms with Crippen LogP contribution in [0.25, 0.3) is 0 Å². The first-order valence-electron chi connectivity index (χ1n) is 17.8. The Hall–Kier alpha value is -3.48. The molecule has 1 aromatic heterocycles. The van der Waals surface area contributed by atoms with Gasteiger partial charge in [0.2, 0.25) is 11.8 Å². The summed E-state index contributed by atoms with van der Waals surface area (Å²) in [7, 11) is 0. The van der Waals surface area contributed by atoms with Crippen molar-refractivity contribution in [1.82, 2.24) is 20.0 Å². The van der Waals surface area contributed by atoms with Gasteiger partial charge in [0.15, 0.2) is 0 Å². The topological polar surface area (TPSA) is 117 Å². The molecule has 1 aromatic carbocycles. The number of halogens is 4. The number of hydrogen-bond acceptors (Lipinski definition) is 5. The Bertz CT molecular complexity index is 1450. The van der Waals surface area contributed by atoms with Crippen LogP contribution in [0, 0.1) is 23.6 Å². The first-order valence-corrected chi connectivity index (χ1v) is 17.8. The van der Waals surface area contributed by atoms with E-state index in [1.54, 1.807) is 16.9 Å². The number of aromatic nitrogens is 2. The fourth-order valence-corrected chi connectivity index (χ4v) is 8.30. The van der Waals surface area contributed by atoms with Crippen LogP contribution in [0.4, 0.5) is 23.2 Å². The summed E-state index contributed by atoms with van der Waals surface area (Å²) < 4.78 is 58.0. The van der Waals surface area contributed by atoms with Crippen molar-refractivity contribution in [1.29, 1.82) is 0 Å². The first-order chi connectivity index (χ1) is 23.3. The summed E-state index contributed by atoms with van der Waals surface area (Å²) in [4.78, 5) is 41.8.